The van der Waals surface area contributed by atoms with Gasteiger partial charge in [-0.05, 0) is 88.7 Å². The van der Waals surface area contributed by atoms with Crippen molar-refractivity contribution in [3.05, 3.63) is 93.4 Å². The summed E-state index contributed by atoms with van der Waals surface area (Å²) in [6.07, 6.45) is 0. The van der Waals surface area contributed by atoms with Gasteiger partial charge in [0, 0.05) is 21.6 Å². The Labute approximate surface area is 244 Å². The minimum absolute atomic E-state index is 0.0490. The van der Waals surface area contributed by atoms with Gasteiger partial charge in [0.05, 0.1) is 10.6 Å². The van der Waals surface area contributed by atoms with Crippen LogP contribution in [-0.2, 0) is 26.2 Å². The number of rotatable bonds is 9. The van der Waals surface area contributed by atoms with E-state index in [9.17, 15) is 18.0 Å². The highest BCUT2D eigenvalue weighted by Crippen LogP contribution is 2.26. The summed E-state index contributed by atoms with van der Waals surface area (Å²) >= 11 is 9.51. The molecule has 10 heteroatoms. The van der Waals surface area contributed by atoms with Crippen molar-refractivity contribution in [3.8, 4) is 0 Å². The molecule has 0 unspecified atom stereocenters. The van der Waals surface area contributed by atoms with Crippen LogP contribution in [0.15, 0.2) is 82.2 Å². The summed E-state index contributed by atoms with van der Waals surface area (Å²) in [5, 5.41) is 3.35. The van der Waals surface area contributed by atoms with Gasteiger partial charge in [-0.15, -0.1) is 0 Å². The number of hydrogen-bond donors (Lipinski definition) is 1. The molecular formula is C29H33BrClN3O4S. The van der Waals surface area contributed by atoms with Crippen molar-refractivity contribution < 1.29 is 18.0 Å². The molecule has 0 spiro atoms. The lowest BCUT2D eigenvalue weighted by Gasteiger charge is -2.33. The van der Waals surface area contributed by atoms with E-state index in [0.29, 0.717) is 5.02 Å². The first-order valence-corrected chi connectivity index (χ1v) is 15.0. The zero-order chi connectivity index (χ0) is 29.0. The Bertz CT molecular complexity index is 1420. The lowest BCUT2D eigenvalue weighted by atomic mass is 10.1. The van der Waals surface area contributed by atoms with E-state index in [2.05, 4.69) is 21.2 Å². The molecule has 1 atom stereocenters. The molecular weight excluding hydrogens is 602 g/mol. The Kier molecular flexibility index (Phi) is 9.85. The molecule has 0 saturated carbocycles. The smallest absolute Gasteiger partial charge is 0.264 e. The van der Waals surface area contributed by atoms with Crippen LogP contribution < -0.4 is 9.62 Å². The highest BCUT2D eigenvalue weighted by molar-refractivity contribution is 9.10. The highest BCUT2D eigenvalue weighted by Gasteiger charge is 2.33. The van der Waals surface area contributed by atoms with Gasteiger partial charge < -0.3 is 10.2 Å². The summed E-state index contributed by atoms with van der Waals surface area (Å²) < 4.78 is 29.5. The largest absolute Gasteiger partial charge is 0.350 e. The fraction of sp³-hybridized carbons (Fsp3) is 0.310. The number of nitrogens with one attached hydrogen (secondary N) is 1. The van der Waals surface area contributed by atoms with E-state index in [1.165, 1.54) is 17.0 Å². The Morgan fingerprint density at radius 3 is 2.18 bits per heavy atom. The third-order valence-electron chi connectivity index (χ3n) is 5.91. The lowest BCUT2D eigenvalue weighted by Crippen LogP contribution is -2.54. The number of nitrogens with zero attached hydrogens (tertiary/aromatic N) is 2. The van der Waals surface area contributed by atoms with Crippen LogP contribution in [0.4, 0.5) is 5.69 Å². The number of anilines is 1. The van der Waals surface area contributed by atoms with Crippen molar-refractivity contribution in [3.63, 3.8) is 0 Å². The average Bonchev–Trinajstić information content (AvgIpc) is 2.85. The van der Waals surface area contributed by atoms with Gasteiger partial charge in [-0.3, -0.25) is 13.9 Å². The summed E-state index contributed by atoms with van der Waals surface area (Å²) in [5.74, 6) is -0.873. The number of hydrogen-bond acceptors (Lipinski definition) is 4. The quantitative estimate of drug-likeness (QED) is 0.316. The molecule has 1 N–H and O–H groups in total. The van der Waals surface area contributed by atoms with E-state index >= 15 is 0 Å². The first-order chi connectivity index (χ1) is 18.2. The van der Waals surface area contributed by atoms with E-state index < -0.39 is 34.1 Å². The van der Waals surface area contributed by atoms with Crippen molar-refractivity contribution in [1.82, 2.24) is 10.2 Å². The monoisotopic (exact) mass is 633 g/mol. The van der Waals surface area contributed by atoms with Gasteiger partial charge in [0.15, 0.2) is 0 Å². The van der Waals surface area contributed by atoms with Crippen LogP contribution >= 0.6 is 27.5 Å². The lowest BCUT2D eigenvalue weighted by molar-refractivity contribution is -0.140. The van der Waals surface area contributed by atoms with Gasteiger partial charge >= 0.3 is 0 Å². The maximum atomic E-state index is 13.9. The van der Waals surface area contributed by atoms with E-state index in [-0.39, 0.29) is 23.0 Å². The topological polar surface area (TPSA) is 86.8 Å². The maximum absolute atomic E-state index is 13.9. The van der Waals surface area contributed by atoms with E-state index in [0.717, 1.165) is 19.9 Å². The molecule has 208 valence electrons. The van der Waals surface area contributed by atoms with Crippen molar-refractivity contribution in [2.45, 2.75) is 57.6 Å². The van der Waals surface area contributed by atoms with E-state index in [4.69, 9.17) is 11.6 Å². The minimum Gasteiger partial charge on any atom is -0.350 e. The molecule has 2 amide bonds. The minimum atomic E-state index is -4.13. The van der Waals surface area contributed by atoms with Crippen molar-refractivity contribution >= 4 is 55.1 Å². The molecule has 0 fully saturated rings. The van der Waals surface area contributed by atoms with Crippen molar-refractivity contribution in [2.75, 3.05) is 10.8 Å². The normalized spacial score (nSPS) is 12.5. The molecule has 0 heterocycles. The van der Waals surface area contributed by atoms with Gasteiger partial charge in [-0.25, -0.2) is 8.42 Å². The molecule has 0 aliphatic carbocycles. The SMILES string of the molecule is Cc1ccc(S(=O)(=O)N(CC(=O)N(Cc2cccc(Br)c2)[C@@H](C)C(=O)NC(C)(C)C)c2ccc(Cl)cc2)cc1. The van der Waals surface area contributed by atoms with Crippen LogP contribution in [-0.4, -0.2) is 43.3 Å². The molecule has 0 aliphatic heterocycles. The van der Waals surface area contributed by atoms with Crippen LogP contribution in [0.25, 0.3) is 0 Å². The van der Waals surface area contributed by atoms with Crippen LogP contribution in [0.3, 0.4) is 0 Å². The molecule has 39 heavy (non-hydrogen) atoms. The number of carbonyl (C=O) groups excluding carboxylic acids is 2. The predicted molar refractivity (Wildman–Crippen MR) is 159 cm³/mol. The number of halogens is 2. The van der Waals surface area contributed by atoms with Gasteiger partial charge in [0.2, 0.25) is 11.8 Å². The van der Waals surface area contributed by atoms with E-state index in [1.807, 2.05) is 52.0 Å². The third-order valence-corrected chi connectivity index (χ3v) is 8.44. The second kappa shape index (κ2) is 12.5. The average molecular weight is 635 g/mol. The Balaban J connectivity index is 2.03. The molecule has 3 aromatic rings. The number of carbonyl (C=O) groups is 2. The van der Waals surface area contributed by atoms with Gasteiger partial charge in [0.1, 0.15) is 12.6 Å². The zero-order valence-corrected chi connectivity index (χ0v) is 25.8. The molecule has 0 radical (unpaired) electrons. The van der Waals surface area contributed by atoms with Crippen molar-refractivity contribution in [1.29, 1.82) is 0 Å². The predicted octanol–water partition coefficient (Wildman–Crippen LogP) is 5.94. The second-order valence-corrected chi connectivity index (χ2v) is 13.6. The zero-order valence-electron chi connectivity index (χ0n) is 22.6. The molecule has 0 saturated heterocycles. The first kappa shape index (κ1) is 30.7. The molecule has 0 aliphatic rings. The van der Waals surface area contributed by atoms with Gasteiger partial charge in [-0.1, -0.05) is 57.4 Å². The first-order valence-electron chi connectivity index (χ1n) is 12.4. The summed E-state index contributed by atoms with van der Waals surface area (Å²) in [6.45, 7) is 8.66. The Morgan fingerprint density at radius 2 is 1.62 bits per heavy atom. The fourth-order valence-corrected chi connectivity index (χ4v) is 5.85. The van der Waals surface area contributed by atoms with Crippen LogP contribution in [0.5, 0.6) is 0 Å². The standard InChI is InChI=1S/C29H33BrClN3O4S/c1-20-9-15-26(16-10-20)39(37,38)34(25-13-11-24(31)12-14-25)19-27(35)33(18-22-7-6-8-23(30)17-22)21(2)28(36)32-29(3,4)5/h6-17,21H,18-19H2,1-5H3,(H,32,36)/t21-/m0/s1. The van der Waals surface area contributed by atoms with Crippen molar-refractivity contribution in [2.24, 2.45) is 0 Å². The highest BCUT2D eigenvalue weighted by atomic mass is 79.9. The molecule has 7 nitrogen and oxygen atoms in total. The summed E-state index contributed by atoms with van der Waals surface area (Å²) in [7, 11) is -4.13. The Morgan fingerprint density at radius 1 is 1.00 bits per heavy atom. The maximum Gasteiger partial charge on any atom is 0.264 e. The molecule has 3 rings (SSSR count). The number of amides is 2. The van der Waals surface area contributed by atoms with Crippen LogP contribution in [0, 0.1) is 6.92 Å². The van der Waals surface area contributed by atoms with Crippen LogP contribution in [0.2, 0.25) is 5.02 Å². The number of benzene rings is 3. The molecule has 0 aromatic heterocycles. The summed E-state index contributed by atoms with van der Waals surface area (Å²) in [4.78, 5) is 28.5. The second-order valence-electron chi connectivity index (χ2n) is 10.4. The Hall–Kier alpha value is -2.88. The summed E-state index contributed by atoms with van der Waals surface area (Å²) in [6, 6.07) is 19.2. The summed E-state index contributed by atoms with van der Waals surface area (Å²) in [5.41, 5.74) is 1.46. The molecule has 3 aromatic carbocycles. The van der Waals surface area contributed by atoms with Gasteiger partial charge in [0.25, 0.3) is 10.0 Å². The number of sulfonamides is 1. The third kappa shape index (κ3) is 8.30. The van der Waals surface area contributed by atoms with Gasteiger partial charge in [-0.2, -0.15) is 0 Å². The fourth-order valence-electron chi connectivity index (χ4n) is 3.86. The van der Waals surface area contributed by atoms with E-state index in [1.54, 1.807) is 43.3 Å². The molecule has 0 bridgehead atoms. The van der Waals surface area contributed by atoms with Crippen LogP contribution in [0.1, 0.15) is 38.8 Å². The number of aryl methyl sites for hydroxylation is 1.